The standard InChI is InChI=1S/C10H13ClO2S/c1-6-3-10(13-2)7(4-8(6)11)9(12)5-14/h3-4,9,12,14H,5H2,1-2H3. The molecule has 0 aromatic heterocycles. The lowest BCUT2D eigenvalue weighted by Crippen LogP contribution is -2.02. The van der Waals surface area contributed by atoms with Crippen LogP contribution in [-0.2, 0) is 0 Å². The molecule has 4 heteroatoms. The van der Waals surface area contributed by atoms with E-state index in [1.54, 1.807) is 13.2 Å². The van der Waals surface area contributed by atoms with E-state index in [1.807, 2.05) is 13.0 Å². The molecule has 1 N–H and O–H groups in total. The summed E-state index contributed by atoms with van der Waals surface area (Å²) in [6.45, 7) is 1.89. The van der Waals surface area contributed by atoms with Gasteiger partial charge in [-0.2, -0.15) is 12.6 Å². The molecule has 1 unspecified atom stereocenters. The van der Waals surface area contributed by atoms with Crippen molar-refractivity contribution in [2.45, 2.75) is 13.0 Å². The Morgan fingerprint density at radius 3 is 2.71 bits per heavy atom. The average molecular weight is 233 g/mol. The molecule has 0 aliphatic carbocycles. The van der Waals surface area contributed by atoms with Crippen LogP contribution in [0.15, 0.2) is 12.1 Å². The van der Waals surface area contributed by atoms with Gasteiger partial charge in [0.1, 0.15) is 5.75 Å². The zero-order valence-electron chi connectivity index (χ0n) is 8.12. The number of hydrogen-bond donors (Lipinski definition) is 2. The second-order valence-corrected chi connectivity index (χ2v) is 3.81. The van der Waals surface area contributed by atoms with Crippen molar-refractivity contribution in [2.24, 2.45) is 0 Å². The van der Waals surface area contributed by atoms with Gasteiger partial charge in [0.15, 0.2) is 0 Å². The maximum atomic E-state index is 9.64. The van der Waals surface area contributed by atoms with Crippen molar-refractivity contribution in [1.29, 1.82) is 0 Å². The summed E-state index contributed by atoms with van der Waals surface area (Å²) in [5, 5.41) is 10.3. The molecule has 1 rings (SSSR count). The van der Waals surface area contributed by atoms with E-state index in [0.29, 0.717) is 22.1 Å². The number of hydrogen-bond acceptors (Lipinski definition) is 3. The molecule has 0 aliphatic rings. The summed E-state index contributed by atoms with van der Waals surface area (Å²) in [7, 11) is 1.57. The molecule has 2 nitrogen and oxygen atoms in total. The van der Waals surface area contributed by atoms with Crippen LogP contribution in [0, 0.1) is 6.92 Å². The van der Waals surface area contributed by atoms with Crippen molar-refractivity contribution in [2.75, 3.05) is 12.9 Å². The van der Waals surface area contributed by atoms with E-state index in [4.69, 9.17) is 16.3 Å². The number of rotatable bonds is 3. The molecule has 0 heterocycles. The highest BCUT2D eigenvalue weighted by Crippen LogP contribution is 2.31. The van der Waals surface area contributed by atoms with Crippen LogP contribution in [0.1, 0.15) is 17.2 Å². The van der Waals surface area contributed by atoms with Crippen molar-refractivity contribution in [3.8, 4) is 5.75 Å². The van der Waals surface area contributed by atoms with Crippen LogP contribution in [0.2, 0.25) is 5.02 Å². The lowest BCUT2D eigenvalue weighted by atomic mass is 10.1. The predicted octanol–water partition coefficient (Wildman–Crippen LogP) is 2.62. The van der Waals surface area contributed by atoms with Crippen LogP contribution < -0.4 is 4.74 Å². The molecule has 0 aliphatic heterocycles. The molecule has 14 heavy (non-hydrogen) atoms. The Hall–Kier alpha value is -0.380. The molecule has 0 bridgehead atoms. The van der Waals surface area contributed by atoms with Gasteiger partial charge in [-0.25, -0.2) is 0 Å². The zero-order chi connectivity index (χ0) is 10.7. The minimum Gasteiger partial charge on any atom is -0.496 e. The van der Waals surface area contributed by atoms with Crippen LogP contribution in [0.5, 0.6) is 5.75 Å². The van der Waals surface area contributed by atoms with Crippen molar-refractivity contribution in [3.05, 3.63) is 28.3 Å². The van der Waals surface area contributed by atoms with Gasteiger partial charge in [0.05, 0.1) is 13.2 Å². The largest absolute Gasteiger partial charge is 0.496 e. The first-order valence-corrected chi connectivity index (χ1v) is 5.24. The number of aryl methyl sites for hydroxylation is 1. The summed E-state index contributed by atoms with van der Waals surface area (Å²) in [6, 6.07) is 3.53. The molecule has 0 radical (unpaired) electrons. The third kappa shape index (κ3) is 2.35. The number of benzene rings is 1. The molecule has 0 saturated carbocycles. The number of halogens is 1. The van der Waals surface area contributed by atoms with Gasteiger partial charge >= 0.3 is 0 Å². The molecule has 0 fully saturated rings. The summed E-state index contributed by atoms with van der Waals surface area (Å²) in [6.07, 6.45) is -0.647. The number of thiol groups is 1. The molecule has 1 aromatic carbocycles. The Balaban J connectivity index is 3.19. The van der Waals surface area contributed by atoms with Gasteiger partial charge in [0.25, 0.3) is 0 Å². The molecular weight excluding hydrogens is 220 g/mol. The topological polar surface area (TPSA) is 29.5 Å². The Kier molecular flexibility index (Phi) is 4.11. The lowest BCUT2D eigenvalue weighted by Gasteiger charge is -2.14. The molecule has 1 atom stereocenters. The number of methoxy groups -OCH3 is 1. The minimum absolute atomic E-state index is 0.343. The van der Waals surface area contributed by atoms with E-state index in [9.17, 15) is 5.11 Å². The monoisotopic (exact) mass is 232 g/mol. The maximum absolute atomic E-state index is 9.64. The summed E-state index contributed by atoms with van der Waals surface area (Å²) < 4.78 is 5.15. The van der Waals surface area contributed by atoms with Gasteiger partial charge in [0.2, 0.25) is 0 Å². The maximum Gasteiger partial charge on any atom is 0.125 e. The highest BCUT2D eigenvalue weighted by atomic mass is 35.5. The van der Waals surface area contributed by atoms with E-state index in [2.05, 4.69) is 12.6 Å². The van der Waals surface area contributed by atoms with Gasteiger partial charge in [-0.3, -0.25) is 0 Å². The number of aliphatic hydroxyl groups is 1. The first kappa shape index (κ1) is 11.7. The van der Waals surface area contributed by atoms with Crippen LogP contribution in [-0.4, -0.2) is 18.0 Å². The molecular formula is C10H13ClO2S. The van der Waals surface area contributed by atoms with Crippen LogP contribution in [0.4, 0.5) is 0 Å². The normalized spacial score (nSPS) is 12.6. The third-order valence-electron chi connectivity index (χ3n) is 2.04. The fourth-order valence-electron chi connectivity index (χ4n) is 1.21. The van der Waals surface area contributed by atoms with Gasteiger partial charge in [-0.05, 0) is 24.6 Å². The number of aliphatic hydroxyl groups excluding tert-OH is 1. The van der Waals surface area contributed by atoms with Gasteiger partial charge in [0, 0.05) is 16.3 Å². The van der Waals surface area contributed by atoms with E-state index in [0.717, 1.165) is 5.56 Å². The fraction of sp³-hybridized carbons (Fsp3) is 0.400. The first-order chi connectivity index (χ1) is 6.60. The molecule has 0 spiro atoms. The summed E-state index contributed by atoms with van der Waals surface area (Å²) in [4.78, 5) is 0. The van der Waals surface area contributed by atoms with E-state index < -0.39 is 6.10 Å². The second-order valence-electron chi connectivity index (χ2n) is 3.04. The quantitative estimate of drug-likeness (QED) is 0.785. The molecule has 0 saturated heterocycles. The first-order valence-electron chi connectivity index (χ1n) is 4.23. The molecule has 1 aromatic rings. The SMILES string of the molecule is COc1cc(C)c(Cl)cc1C(O)CS. The minimum atomic E-state index is -0.647. The average Bonchev–Trinajstić information content (AvgIpc) is 2.20. The summed E-state index contributed by atoms with van der Waals surface area (Å²) >= 11 is 9.98. The molecule has 0 amide bonds. The Labute approximate surface area is 94.3 Å². The summed E-state index contributed by atoms with van der Waals surface area (Å²) in [5.74, 6) is 0.990. The fourth-order valence-corrected chi connectivity index (χ4v) is 1.57. The summed E-state index contributed by atoms with van der Waals surface area (Å²) in [5.41, 5.74) is 1.61. The van der Waals surface area contributed by atoms with Crippen molar-refractivity contribution < 1.29 is 9.84 Å². The smallest absolute Gasteiger partial charge is 0.125 e. The Morgan fingerprint density at radius 1 is 1.57 bits per heavy atom. The van der Waals surface area contributed by atoms with Crippen molar-refractivity contribution >= 4 is 24.2 Å². The molecule has 78 valence electrons. The zero-order valence-corrected chi connectivity index (χ0v) is 9.77. The lowest BCUT2D eigenvalue weighted by molar-refractivity contribution is 0.199. The van der Waals surface area contributed by atoms with Gasteiger partial charge in [-0.1, -0.05) is 11.6 Å². The van der Waals surface area contributed by atoms with Crippen LogP contribution in [0.3, 0.4) is 0 Å². The highest BCUT2D eigenvalue weighted by molar-refractivity contribution is 7.80. The van der Waals surface area contributed by atoms with Gasteiger partial charge in [-0.15, -0.1) is 0 Å². The predicted molar refractivity (Wildman–Crippen MR) is 61.6 cm³/mol. The van der Waals surface area contributed by atoms with E-state index in [1.165, 1.54) is 0 Å². The van der Waals surface area contributed by atoms with E-state index in [-0.39, 0.29) is 0 Å². The van der Waals surface area contributed by atoms with Crippen LogP contribution >= 0.6 is 24.2 Å². The third-order valence-corrected chi connectivity index (χ3v) is 2.80. The number of ether oxygens (including phenoxy) is 1. The Bertz CT molecular complexity index is 328. The van der Waals surface area contributed by atoms with Crippen LogP contribution in [0.25, 0.3) is 0 Å². The van der Waals surface area contributed by atoms with E-state index >= 15 is 0 Å². The van der Waals surface area contributed by atoms with Gasteiger partial charge < -0.3 is 9.84 Å². The van der Waals surface area contributed by atoms with Crippen molar-refractivity contribution in [3.63, 3.8) is 0 Å². The van der Waals surface area contributed by atoms with Crippen molar-refractivity contribution in [1.82, 2.24) is 0 Å². The second kappa shape index (κ2) is 4.91. The Morgan fingerprint density at radius 2 is 2.21 bits per heavy atom. The highest BCUT2D eigenvalue weighted by Gasteiger charge is 2.13.